The largest absolute Gasteiger partial charge is 0.416 e. The van der Waals surface area contributed by atoms with Gasteiger partial charge in [0.15, 0.2) is 5.96 Å². The van der Waals surface area contributed by atoms with Crippen LogP contribution in [0.2, 0.25) is 0 Å². The number of hydrogen-bond donors (Lipinski definition) is 2. The maximum absolute atomic E-state index is 12.6. The standard InChI is InChI=1S/C19H26F3N5.HI/c1-15-24-12-14-27(15)13-4-3-10-25-18(23-2)26-11-9-16-5-7-17(8-6-16)19(20,21)22;/h5-8,12,14H,3-4,9-11,13H2,1-2H3,(H2,23,25,26);1H. The topological polar surface area (TPSA) is 54.2 Å². The lowest BCUT2D eigenvalue weighted by atomic mass is 10.1. The first-order valence-electron chi connectivity index (χ1n) is 8.98. The summed E-state index contributed by atoms with van der Waals surface area (Å²) in [7, 11) is 1.70. The number of aromatic nitrogens is 2. The van der Waals surface area contributed by atoms with E-state index in [2.05, 4.69) is 25.2 Å². The first-order chi connectivity index (χ1) is 12.9. The third kappa shape index (κ3) is 8.07. The van der Waals surface area contributed by atoms with Crippen LogP contribution >= 0.6 is 24.0 Å². The summed E-state index contributed by atoms with van der Waals surface area (Å²) in [6.45, 7) is 4.32. The molecule has 2 aromatic rings. The fourth-order valence-corrected chi connectivity index (χ4v) is 2.66. The molecule has 2 rings (SSSR count). The zero-order valence-corrected chi connectivity index (χ0v) is 18.4. The van der Waals surface area contributed by atoms with E-state index in [0.717, 1.165) is 49.5 Å². The van der Waals surface area contributed by atoms with Crippen molar-refractivity contribution in [2.24, 2.45) is 4.99 Å². The van der Waals surface area contributed by atoms with Crippen LogP contribution in [-0.4, -0.2) is 35.6 Å². The quantitative estimate of drug-likeness (QED) is 0.245. The van der Waals surface area contributed by atoms with Gasteiger partial charge in [0.25, 0.3) is 0 Å². The van der Waals surface area contributed by atoms with E-state index in [1.807, 2.05) is 13.1 Å². The van der Waals surface area contributed by atoms with Gasteiger partial charge in [0.05, 0.1) is 5.56 Å². The first kappa shape index (κ1) is 24.3. The van der Waals surface area contributed by atoms with Crippen molar-refractivity contribution in [1.29, 1.82) is 0 Å². The Bertz CT molecular complexity index is 726. The highest BCUT2D eigenvalue weighted by molar-refractivity contribution is 14.0. The average Bonchev–Trinajstić information content (AvgIpc) is 3.04. The molecule has 5 nitrogen and oxygen atoms in total. The lowest BCUT2D eigenvalue weighted by Crippen LogP contribution is -2.38. The second-order valence-corrected chi connectivity index (χ2v) is 6.25. The van der Waals surface area contributed by atoms with Gasteiger partial charge in [-0.05, 0) is 43.9 Å². The fraction of sp³-hybridized carbons (Fsp3) is 0.474. The Morgan fingerprint density at radius 3 is 2.36 bits per heavy atom. The number of nitrogens with zero attached hydrogens (tertiary/aromatic N) is 3. The SMILES string of the molecule is CN=C(NCCCCn1ccnc1C)NCCc1ccc(C(F)(F)F)cc1.I. The van der Waals surface area contributed by atoms with Gasteiger partial charge in [0.2, 0.25) is 0 Å². The summed E-state index contributed by atoms with van der Waals surface area (Å²) < 4.78 is 39.8. The van der Waals surface area contributed by atoms with E-state index in [9.17, 15) is 13.2 Å². The highest BCUT2D eigenvalue weighted by Gasteiger charge is 2.29. The maximum Gasteiger partial charge on any atom is 0.416 e. The molecule has 0 fully saturated rings. The van der Waals surface area contributed by atoms with Gasteiger partial charge in [-0.1, -0.05) is 12.1 Å². The third-order valence-electron chi connectivity index (χ3n) is 4.25. The number of nitrogens with one attached hydrogen (secondary N) is 2. The first-order valence-corrected chi connectivity index (χ1v) is 8.98. The predicted molar refractivity (Wildman–Crippen MR) is 116 cm³/mol. The Balaban J connectivity index is 0.00000392. The van der Waals surface area contributed by atoms with Crippen molar-refractivity contribution in [3.05, 3.63) is 53.6 Å². The van der Waals surface area contributed by atoms with Gasteiger partial charge in [-0.2, -0.15) is 13.2 Å². The molecule has 0 saturated heterocycles. The molecule has 0 saturated carbocycles. The van der Waals surface area contributed by atoms with Crippen molar-refractivity contribution in [3.8, 4) is 0 Å². The molecule has 0 unspecified atom stereocenters. The molecule has 1 aromatic carbocycles. The van der Waals surface area contributed by atoms with Gasteiger partial charge >= 0.3 is 6.18 Å². The molecule has 28 heavy (non-hydrogen) atoms. The number of rotatable bonds is 8. The molecule has 1 aromatic heterocycles. The van der Waals surface area contributed by atoms with Crippen LogP contribution in [-0.2, 0) is 19.1 Å². The molecule has 0 aliphatic rings. The van der Waals surface area contributed by atoms with E-state index < -0.39 is 11.7 Å². The van der Waals surface area contributed by atoms with Crippen LogP contribution in [0, 0.1) is 6.92 Å². The molecule has 0 spiro atoms. The Hall–Kier alpha value is -1.78. The Kier molecular flexibility index (Phi) is 10.3. The van der Waals surface area contributed by atoms with Crippen LogP contribution in [0.4, 0.5) is 13.2 Å². The molecular formula is C19H27F3IN5. The van der Waals surface area contributed by atoms with Crippen molar-refractivity contribution in [1.82, 2.24) is 20.2 Å². The van der Waals surface area contributed by atoms with Gasteiger partial charge in [0.1, 0.15) is 5.82 Å². The van der Waals surface area contributed by atoms with E-state index in [0.29, 0.717) is 18.9 Å². The summed E-state index contributed by atoms with van der Waals surface area (Å²) >= 11 is 0. The number of aliphatic imine (C=N–C) groups is 1. The van der Waals surface area contributed by atoms with Crippen molar-refractivity contribution < 1.29 is 13.2 Å². The van der Waals surface area contributed by atoms with Crippen LogP contribution in [0.1, 0.15) is 29.8 Å². The molecule has 0 aliphatic heterocycles. The smallest absolute Gasteiger partial charge is 0.356 e. The number of imidazole rings is 1. The van der Waals surface area contributed by atoms with Crippen molar-refractivity contribution in [2.45, 2.75) is 38.9 Å². The number of guanidine groups is 1. The van der Waals surface area contributed by atoms with Crippen LogP contribution in [0.3, 0.4) is 0 Å². The summed E-state index contributed by atoms with van der Waals surface area (Å²) in [5, 5.41) is 6.42. The molecule has 0 amide bonds. The van der Waals surface area contributed by atoms with Gasteiger partial charge in [0, 0.05) is 39.1 Å². The highest BCUT2D eigenvalue weighted by atomic mass is 127. The normalized spacial score (nSPS) is 11.8. The average molecular weight is 509 g/mol. The fourth-order valence-electron chi connectivity index (χ4n) is 2.66. The second-order valence-electron chi connectivity index (χ2n) is 6.25. The monoisotopic (exact) mass is 509 g/mol. The number of unbranched alkanes of at least 4 members (excludes halogenated alkanes) is 1. The van der Waals surface area contributed by atoms with Crippen LogP contribution in [0.5, 0.6) is 0 Å². The summed E-state index contributed by atoms with van der Waals surface area (Å²) in [4.78, 5) is 8.35. The van der Waals surface area contributed by atoms with Crippen molar-refractivity contribution >= 4 is 29.9 Å². The number of alkyl halides is 3. The van der Waals surface area contributed by atoms with Crippen LogP contribution < -0.4 is 10.6 Å². The molecule has 9 heteroatoms. The lowest BCUT2D eigenvalue weighted by Gasteiger charge is -2.12. The highest BCUT2D eigenvalue weighted by Crippen LogP contribution is 2.29. The number of benzene rings is 1. The van der Waals surface area contributed by atoms with E-state index in [-0.39, 0.29) is 24.0 Å². The van der Waals surface area contributed by atoms with Gasteiger partial charge in [-0.25, -0.2) is 4.98 Å². The Morgan fingerprint density at radius 2 is 1.79 bits per heavy atom. The summed E-state index contributed by atoms with van der Waals surface area (Å²) in [5.41, 5.74) is 0.226. The molecule has 0 aliphatic carbocycles. The molecule has 156 valence electrons. The minimum Gasteiger partial charge on any atom is -0.356 e. The summed E-state index contributed by atoms with van der Waals surface area (Å²) in [6.07, 6.45) is 2.14. The number of halogens is 4. The minimum absolute atomic E-state index is 0. The van der Waals surface area contributed by atoms with E-state index in [1.165, 1.54) is 12.1 Å². The molecular weight excluding hydrogens is 482 g/mol. The van der Waals surface area contributed by atoms with Crippen LogP contribution in [0.25, 0.3) is 0 Å². The predicted octanol–water partition coefficient (Wildman–Crippen LogP) is 4.02. The number of aryl methyl sites for hydroxylation is 2. The van der Waals surface area contributed by atoms with Crippen molar-refractivity contribution in [3.63, 3.8) is 0 Å². The minimum atomic E-state index is -4.29. The Morgan fingerprint density at radius 1 is 1.11 bits per heavy atom. The molecule has 0 atom stereocenters. The van der Waals surface area contributed by atoms with E-state index in [1.54, 1.807) is 13.2 Å². The van der Waals surface area contributed by atoms with Crippen molar-refractivity contribution in [2.75, 3.05) is 20.1 Å². The molecule has 1 heterocycles. The Labute approximate surface area is 180 Å². The molecule has 0 bridgehead atoms. The maximum atomic E-state index is 12.6. The van der Waals surface area contributed by atoms with E-state index in [4.69, 9.17) is 0 Å². The van der Waals surface area contributed by atoms with Gasteiger partial charge < -0.3 is 15.2 Å². The second kappa shape index (κ2) is 11.9. The van der Waals surface area contributed by atoms with E-state index >= 15 is 0 Å². The van der Waals surface area contributed by atoms with Gasteiger partial charge in [-0.15, -0.1) is 24.0 Å². The molecule has 2 N–H and O–H groups in total. The summed E-state index contributed by atoms with van der Waals surface area (Å²) in [6, 6.07) is 5.26. The third-order valence-corrected chi connectivity index (χ3v) is 4.25. The summed E-state index contributed by atoms with van der Waals surface area (Å²) in [5.74, 6) is 1.71. The number of hydrogen-bond acceptors (Lipinski definition) is 2. The van der Waals surface area contributed by atoms with Gasteiger partial charge in [-0.3, -0.25) is 4.99 Å². The lowest BCUT2D eigenvalue weighted by molar-refractivity contribution is -0.137. The zero-order valence-electron chi connectivity index (χ0n) is 16.1. The van der Waals surface area contributed by atoms with Crippen LogP contribution in [0.15, 0.2) is 41.7 Å². The zero-order chi connectivity index (χ0) is 19.7. The molecule has 0 radical (unpaired) electrons.